The van der Waals surface area contributed by atoms with Crippen LogP contribution < -0.4 is 4.74 Å². The van der Waals surface area contributed by atoms with Crippen molar-refractivity contribution in [1.82, 2.24) is 14.9 Å². The molecule has 0 saturated carbocycles. The third kappa shape index (κ3) is 3.71. The molecule has 0 bridgehead atoms. The number of hydrogen-bond acceptors (Lipinski definition) is 4. The van der Waals surface area contributed by atoms with Gasteiger partial charge >= 0.3 is 0 Å². The summed E-state index contributed by atoms with van der Waals surface area (Å²) < 4.78 is 7.48. The monoisotopic (exact) mass is 324 g/mol. The van der Waals surface area contributed by atoms with Gasteiger partial charge in [0.25, 0.3) is 0 Å². The van der Waals surface area contributed by atoms with E-state index in [9.17, 15) is 0 Å². The van der Waals surface area contributed by atoms with Crippen molar-refractivity contribution in [3.63, 3.8) is 0 Å². The van der Waals surface area contributed by atoms with Crippen molar-refractivity contribution in [2.75, 3.05) is 6.61 Å². The van der Waals surface area contributed by atoms with E-state index in [0.717, 1.165) is 11.4 Å². The second-order valence-electron chi connectivity index (χ2n) is 4.72. The fourth-order valence-electron chi connectivity index (χ4n) is 1.78. The fraction of sp³-hybridized carbons (Fsp3) is 0.357. The highest BCUT2D eigenvalue weighted by molar-refractivity contribution is 7.71. The highest BCUT2D eigenvalue weighted by atomic mass is 35.5. The maximum Gasteiger partial charge on any atom is 0.216 e. The summed E-state index contributed by atoms with van der Waals surface area (Å²) in [6.45, 7) is 6.56. The van der Waals surface area contributed by atoms with Crippen LogP contribution in [-0.2, 0) is 0 Å². The van der Waals surface area contributed by atoms with Crippen LogP contribution in [0, 0.1) is 4.77 Å². The van der Waals surface area contributed by atoms with Gasteiger partial charge in [0, 0.05) is 5.92 Å². The summed E-state index contributed by atoms with van der Waals surface area (Å²) in [4.78, 5) is 0. The van der Waals surface area contributed by atoms with Crippen molar-refractivity contribution in [1.29, 1.82) is 0 Å². The maximum absolute atomic E-state index is 6.15. The predicted molar refractivity (Wildman–Crippen MR) is 87.1 cm³/mol. The van der Waals surface area contributed by atoms with Crippen molar-refractivity contribution in [3.8, 4) is 5.75 Å². The van der Waals surface area contributed by atoms with Crippen LogP contribution in [-0.4, -0.2) is 27.7 Å². The third-order valence-electron chi connectivity index (χ3n) is 2.77. The minimum absolute atomic E-state index is 0.221. The molecule has 0 saturated heterocycles. The van der Waals surface area contributed by atoms with Crippen LogP contribution in [0.15, 0.2) is 23.3 Å². The average Bonchev–Trinajstić information content (AvgIpc) is 2.81. The van der Waals surface area contributed by atoms with Crippen LogP contribution in [0.25, 0.3) is 0 Å². The first-order valence-corrected chi connectivity index (χ1v) is 7.45. The molecular weight excluding hydrogens is 308 g/mol. The van der Waals surface area contributed by atoms with E-state index in [1.54, 1.807) is 17.0 Å². The lowest BCUT2D eigenvalue weighted by Crippen LogP contribution is -2.01. The quantitative estimate of drug-likeness (QED) is 0.668. The van der Waals surface area contributed by atoms with Crippen LogP contribution in [0.1, 0.15) is 38.1 Å². The first kappa shape index (κ1) is 15.7. The molecule has 5 nitrogen and oxygen atoms in total. The normalized spacial score (nSPS) is 11.5. The zero-order chi connectivity index (χ0) is 15.4. The average molecular weight is 325 g/mol. The Labute approximate surface area is 133 Å². The van der Waals surface area contributed by atoms with Crippen molar-refractivity contribution >= 4 is 30.0 Å². The summed E-state index contributed by atoms with van der Waals surface area (Å²) in [6, 6.07) is 5.51. The minimum Gasteiger partial charge on any atom is -0.492 e. The van der Waals surface area contributed by atoms with Crippen LogP contribution >= 0.6 is 23.8 Å². The van der Waals surface area contributed by atoms with Crippen molar-refractivity contribution in [3.05, 3.63) is 39.4 Å². The van der Waals surface area contributed by atoms with Gasteiger partial charge in [-0.3, -0.25) is 5.10 Å². The zero-order valence-electron chi connectivity index (χ0n) is 12.1. The predicted octanol–water partition coefficient (Wildman–Crippen LogP) is 4.00. The molecule has 0 radical (unpaired) electrons. The molecule has 1 aromatic heterocycles. The first-order valence-electron chi connectivity index (χ1n) is 6.67. The van der Waals surface area contributed by atoms with Gasteiger partial charge in [-0.2, -0.15) is 14.9 Å². The molecular formula is C14H17ClN4OS. The number of H-pyrrole nitrogens is 1. The van der Waals surface area contributed by atoms with E-state index < -0.39 is 0 Å². The Morgan fingerprint density at radius 3 is 2.90 bits per heavy atom. The summed E-state index contributed by atoms with van der Waals surface area (Å²) in [5.41, 5.74) is 0.862. The molecule has 2 rings (SSSR count). The molecule has 21 heavy (non-hydrogen) atoms. The molecule has 2 aromatic rings. The zero-order valence-corrected chi connectivity index (χ0v) is 13.7. The Morgan fingerprint density at radius 2 is 2.29 bits per heavy atom. The van der Waals surface area contributed by atoms with Gasteiger partial charge in [0.05, 0.1) is 17.8 Å². The molecule has 0 fully saturated rings. The molecule has 7 heteroatoms. The first-order chi connectivity index (χ1) is 10.0. The Bertz CT molecular complexity index is 705. The summed E-state index contributed by atoms with van der Waals surface area (Å²) >= 11 is 11.3. The number of ether oxygens (including phenoxy) is 1. The van der Waals surface area contributed by atoms with E-state index in [4.69, 9.17) is 28.6 Å². The molecule has 0 amide bonds. The summed E-state index contributed by atoms with van der Waals surface area (Å²) in [6.07, 6.45) is 1.69. The van der Waals surface area contributed by atoms with Gasteiger partial charge in [-0.1, -0.05) is 25.4 Å². The number of rotatable bonds is 5. The number of aromatic nitrogens is 3. The maximum atomic E-state index is 6.15. The Balaban J connectivity index is 2.28. The van der Waals surface area contributed by atoms with Gasteiger partial charge in [-0.25, -0.2) is 0 Å². The van der Waals surface area contributed by atoms with Crippen molar-refractivity contribution in [2.45, 2.75) is 26.7 Å². The van der Waals surface area contributed by atoms with E-state index in [2.05, 4.69) is 15.3 Å². The molecule has 0 aliphatic heterocycles. The van der Waals surface area contributed by atoms with Gasteiger partial charge in [-0.15, -0.1) is 0 Å². The standard InChI is InChI=1S/C14H17ClN4OS/c1-4-20-12-6-5-10(7-11(12)15)8-16-19-13(9(2)3)17-18-14(19)21/h5-9H,4H2,1-3H3,(H,18,21)/b16-8-. The van der Waals surface area contributed by atoms with Crippen LogP contribution in [0.4, 0.5) is 0 Å². The SMILES string of the molecule is CCOc1ccc(/C=N\n2c(C(C)C)n[nH]c2=S)cc1Cl. The summed E-state index contributed by atoms with van der Waals surface area (Å²) in [5.74, 6) is 1.67. The van der Waals surface area contributed by atoms with E-state index >= 15 is 0 Å². The highest BCUT2D eigenvalue weighted by Gasteiger charge is 2.09. The van der Waals surface area contributed by atoms with Gasteiger partial charge in [-0.05, 0) is 42.9 Å². The molecule has 0 aliphatic carbocycles. The van der Waals surface area contributed by atoms with Crippen LogP contribution in [0.5, 0.6) is 5.75 Å². The van der Waals surface area contributed by atoms with Crippen LogP contribution in [0.2, 0.25) is 5.02 Å². The molecule has 112 valence electrons. The molecule has 1 N–H and O–H groups in total. The van der Waals surface area contributed by atoms with Crippen molar-refractivity contribution in [2.24, 2.45) is 5.10 Å². The largest absolute Gasteiger partial charge is 0.492 e. The van der Waals surface area contributed by atoms with Gasteiger partial charge in [0.15, 0.2) is 5.82 Å². The Kier molecular flexibility index (Phi) is 5.14. The lowest BCUT2D eigenvalue weighted by Gasteiger charge is -2.06. The number of nitrogens with zero attached hydrogens (tertiary/aromatic N) is 3. The number of nitrogens with one attached hydrogen (secondary N) is 1. The molecule has 1 aromatic carbocycles. The van der Waals surface area contributed by atoms with Gasteiger partial charge in [0.1, 0.15) is 5.75 Å². The number of aromatic amines is 1. The molecule has 0 aliphatic rings. The lowest BCUT2D eigenvalue weighted by atomic mass is 10.2. The Morgan fingerprint density at radius 1 is 1.52 bits per heavy atom. The van der Waals surface area contributed by atoms with E-state index in [-0.39, 0.29) is 5.92 Å². The molecule has 1 heterocycles. The summed E-state index contributed by atoms with van der Waals surface area (Å²) in [5, 5.41) is 11.8. The van der Waals surface area contributed by atoms with Gasteiger partial charge < -0.3 is 4.74 Å². The number of halogens is 1. The topological polar surface area (TPSA) is 55.2 Å². The smallest absolute Gasteiger partial charge is 0.216 e. The van der Waals surface area contributed by atoms with Gasteiger partial charge in [0.2, 0.25) is 4.77 Å². The number of hydrogen-bond donors (Lipinski definition) is 1. The van der Waals surface area contributed by atoms with E-state index in [1.165, 1.54) is 0 Å². The summed E-state index contributed by atoms with van der Waals surface area (Å²) in [7, 11) is 0. The fourth-order valence-corrected chi connectivity index (χ4v) is 2.21. The Hall–Kier alpha value is -1.66. The third-order valence-corrected chi connectivity index (χ3v) is 3.33. The minimum atomic E-state index is 0.221. The second kappa shape index (κ2) is 6.87. The second-order valence-corrected chi connectivity index (χ2v) is 5.51. The molecule has 0 unspecified atom stereocenters. The van der Waals surface area contributed by atoms with E-state index in [1.807, 2.05) is 32.9 Å². The van der Waals surface area contributed by atoms with E-state index in [0.29, 0.717) is 22.2 Å². The molecule has 0 spiro atoms. The number of benzene rings is 1. The molecule has 0 atom stereocenters. The highest BCUT2D eigenvalue weighted by Crippen LogP contribution is 2.24. The van der Waals surface area contributed by atoms with Crippen molar-refractivity contribution < 1.29 is 4.74 Å². The lowest BCUT2D eigenvalue weighted by molar-refractivity contribution is 0.340. The van der Waals surface area contributed by atoms with Crippen LogP contribution in [0.3, 0.4) is 0 Å².